The maximum Gasteiger partial charge on any atom is 0.148 e. The molecule has 0 radical (unpaired) electrons. The molecule has 1 nitrogen and oxygen atoms in total. The smallest absolute Gasteiger partial charge is 0.148 e. The Kier molecular flexibility index (Phi) is 3.72. The number of benzene rings is 2. The summed E-state index contributed by atoms with van der Waals surface area (Å²) in [5, 5.41) is 11.0. The monoisotopic (exact) mass is 256 g/mol. The van der Waals surface area contributed by atoms with Crippen LogP contribution in [0.25, 0.3) is 0 Å². The third-order valence-corrected chi connectivity index (χ3v) is 2.88. The predicted molar refractivity (Wildman–Crippen MR) is 74.3 cm³/mol. The average Bonchev–Trinajstić information content (AvgIpc) is 2.38. The van der Waals surface area contributed by atoms with Crippen LogP contribution in [0, 0.1) is 11.8 Å². The zero-order valence-corrected chi connectivity index (χ0v) is 10.8. The molecule has 0 amide bonds. The van der Waals surface area contributed by atoms with Gasteiger partial charge in [0.2, 0.25) is 0 Å². The van der Waals surface area contributed by atoms with E-state index in [2.05, 4.69) is 11.8 Å². The molecule has 1 unspecified atom stereocenters. The lowest BCUT2D eigenvalue weighted by Gasteiger charge is -2.16. The summed E-state index contributed by atoms with van der Waals surface area (Å²) in [7, 11) is 0. The molecule has 2 aromatic carbocycles. The highest BCUT2D eigenvalue weighted by atomic mass is 35.5. The first-order chi connectivity index (χ1) is 8.58. The largest absolute Gasteiger partial charge is 0.374 e. The van der Waals surface area contributed by atoms with Crippen LogP contribution in [0.15, 0.2) is 54.6 Å². The number of rotatable bonds is 1. The van der Waals surface area contributed by atoms with E-state index in [1.165, 1.54) is 0 Å². The van der Waals surface area contributed by atoms with Crippen molar-refractivity contribution in [1.82, 2.24) is 0 Å². The summed E-state index contributed by atoms with van der Waals surface area (Å²) in [5.74, 6) is 5.84. The highest BCUT2D eigenvalue weighted by molar-refractivity contribution is 6.30. The van der Waals surface area contributed by atoms with Gasteiger partial charge >= 0.3 is 0 Å². The van der Waals surface area contributed by atoms with Crippen molar-refractivity contribution in [2.45, 2.75) is 12.5 Å². The van der Waals surface area contributed by atoms with E-state index in [9.17, 15) is 5.11 Å². The molecule has 0 aromatic heterocycles. The summed E-state index contributed by atoms with van der Waals surface area (Å²) >= 11 is 5.82. The molecule has 0 bridgehead atoms. The van der Waals surface area contributed by atoms with Crippen LogP contribution in [0.2, 0.25) is 5.02 Å². The minimum atomic E-state index is -1.18. The second-order valence-corrected chi connectivity index (χ2v) is 4.63. The van der Waals surface area contributed by atoms with Gasteiger partial charge in [0, 0.05) is 10.6 Å². The molecule has 2 heteroatoms. The number of hydrogen-bond donors (Lipinski definition) is 1. The Bertz CT molecular complexity index is 574. The first-order valence-electron chi connectivity index (χ1n) is 5.64. The van der Waals surface area contributed by atoms with Gasteiger partial charge in [-0.25, -0.2) is 0 Å². The summed E-state index contributed by atoms with van der Waals surface area (Å²) in [6, 6.07) is 16.6. The molecule has 1 N–H and O–H groups in total. The molecule has 0 aliphatic rings. The van der Waals surface area contributed by atoms with Gasteiger partial charge in [-0.1, -0.05) is 53.8 Å². The topological polar surface area (TPSA) is 20.2 Å². The Balaban J connectivity index is 2.27. The molecule has 2 aromatic rings. The Hall–Kier alpha value is -1.75. The lowest BCUT2D eigenvalue weighted by molar-refractivity contribution is 0.122. The SMILES string of the molecule is CC(O)(C#Cc1ccccc1)c1ccc(Cl)cc1. The van der Waals surface area contributed by atoms with Gasteiger partial charge in [-0.2, -0.15) is 0 Å². The summed E-state index contributed by atoms with van der Waals surface area (Å²) in [4.78, 5) is 0. The Labute approximate surface area is 112 Å². The highest BCUT2D eigenvalue weighted by Gasteiger charge is 2.19. The third-order valence-electron chi connectivity index (χ3n) is 2.63. The van der Waals surface area contributed by atoms with Crippen LogP contribution in [0.4, 0.5) is 0 Å². The van der Waals surface area contributed by atoms with E-state index in [4.69, 9.17) is 11.6 Å². The van der Waals surface area contributed by atoms with Crippen molar-refractivity contribution in [3.05, 3.63) is 70.7 Å². The molecular weight excluding hydrogens is 244 g/mol. The average molecular weight is 257 g/mol. The van der Waals surface area contributed by atoms with Crippen LogP contribution < -0.4 is 0 Å². The van der Waals surface area contributed by atoms with Gasteiger partial charge in [0.1, 0.15) is 5.60 Å². The van der Waals surface area contributed by atoms with Crippen LogP contribution >= 0.6 is 11.6 Å². The molecule has 2 rings (SSSR count). The van der Waals surface area contributed by atoms with Crippen molar-refractivity contribution in [2.75, 3.05) is 0 Å². The normalized spacial score (nSPS) is 13.3. The van der Waals surface area contributed by atoms with E-state index in [1.807, 2.05) is 30.3 Å². The Morgan fingerprint density at radius 3 is 2.22 bits per heavy atom. The van der Waals surface area contributed by atoms with Crippen molar-refractivity contribution in [2.24, 2.45) is 0 Å². The lowest BCUT2D eigenvalue weighted by atomic mass is 9.96. The van der Waals surface area contributed by atoms with Gasteiger partial charge in [0.25, 0.3) is 0 Å². The van der Waals surface area contributed by atoms with E-state index >= 15 is 0 Å². The van der Waals surface area contributed by atoms with E-state index in [0.29, 0.717) is 5.02 Å². The summed E-state index contributed by atoms with van der Waals surface area (Å²) in [6.45, 7) is 1.67. The molecule has 18 heavy (non-hydrogen) atoms. The zero-order valence-electron chi connectivity index (χ0n) is 10.0. The second-order valence-electron chi connectivity index (χ2n) is 4.20. The highest BCUT2D eigenvalue weighted by Crippen LogP contribution is 2.21. The van der Waals surface area contributed by atoms with Gasteiger partial charge < -0.3 is 5.11 Å². The number of aliphatic hydroxyl groups is 1. The second kappa shape index (κ2) is 5.27. The Morgan fingerprint density at radius 1 is 1.00 bits per heavy atom. The summed E-state index contributed by atoms with van der Waals surface area (Å²) in [5.41, 5.74) is 0.433. The van der Waals surface area contributed by atoms with Crippen molar-refractivity contribution in [3.63, 3.8) is 0 Å². The van der Waals surface area contributed by atoms with Gasteiger partial charge in [0.05, 0.1) is 0 Å². The maximum atomic E-state index is 10.3. The predicted octanol–water partition coefficient (Wildman–Crippen LogP) is 3.60. The fourth-order valence-electron chi connectivity index (χ4n) is 1.56. The molecular formula is C16H13ClO. The molecule has 0 aliphatic heterocycles. The lowest BCUT2D eigenvalue weighted by Crippen LogP contribution is -2.18. The quantitative estimate of drug-likeness (QED) is 0.773. The van der Waals surface area contributed by atoms with E-state index in [-0.39, 0.29) is 0 Å². The first-order valence-corrected chi connectivity index (χ1v) is 6.02. The van der Waals surface area contributed by atoms with E-state index in [0.717, 1.165) is 11.1 Å². The van der Waals surface area contributed by atoms with Crippen LogP contribution in [-0.2, 0) is 5.60 Å². The van der Waals surface area contributed by atoms with Gasteiger partial charge in [-0.15, -0.1) is 0 Å². The van der Waals surface area contributed by atoms with Crippen LogP contribution in [0.5, 0.6) is 0 Å². The first kappa shape index (κ1) is 12.7. The molecule has 0 saturated carbocycles. The minimum Gasteiger partial charge on any atom is -0.374 e. The molecule has 0 spiro atoms. The van der Waals surface area contributed by atoms with Crippen molar-refractivity contribution in [3.8, 4) is 11.8 Å². The molecule has 0 fully saturated rings. The number of halogens is 1. The standard InChI is InChI=1S/C16H13ClO/c1-16(18,14-7-9-15(17)10-8-14)12-11-13-5-3-2-4-6-13/h2-10,18H,1H3. The van der Waals surface area contributed by atoms with Crippen LogP contribution in [0.1, 0.15) is 18.1 Å². The number of hydrogen-bond acceptors (Lipinski definition) is 1. The van der Waals surface area contributed by atoms with E-state index in [1.54, 1.807) is 31.2 Å². The maximum absolute atomic E-state index is 10.3. The van der Waals surface area contributed by atoms with Crippen molar-refractivity contribution in [1.29, 1.82) is 0 Å². The Morgan fingerprint density at radius 2 is 1.61 bits per heavy atom. The minimum absolute atomic E-state index is 0.644. The fraction of sp³-hybridized carbons (Fsp3) is 0.125. The zero-order chi connectivity index (χ0) is 13.0. The molecule has 0 heterocycles. The molecule has 0 saturated heterocycles. The van der Waals surface area contributed by atoms with Gasteiger partial charge in [-0.05, 0) is 36.8 Å². The fourth-order valence-corrected chi connectivity index (χ4v) is 1.69. The van der Waals surface area contributed by atoms with Crippen molar-refractivity contribution >= 4 is 11.6 Å². The molecule has 1 atom stereocenters. The van der Waals surface area contributed by atoms with Crippen molar-refractivity contribution < 1.29 is 5.11 Å². The summed E-state index contributed by atoms with van der Waals surface area (Å²) in [6.07, 6.45) is 0. The van der Waals surface area contributed by atoms with Gasteiger partial charge in [-0.3, -0.25) is 0 Å². The third kappa shape index (κ3) is 3.13. The van der Waals surface area contributed by atoms with Crippen LogP contribution in [-0.4, -0.2) is 5.11 Å². The van der Waals surface area contributed by atoms with Crippen LogP contribution in [0.3, 0.4) is 0 Å². The summed E-state index contributed by atoms with van der Waals surface area (Å²) < 4.78 is 0. The van der Waals surface area contributed by atoms with Gasteiger partial charge in [0.15, 0.2) is 0 Å². The molecule has 90 valence electrons. The van der Waals surface area contributed by atoms with E-state index < -0.39 is 5.60 Å². The molecule has 0 aliphatic carbocycles.